The molecule has 14 heteroatoms. The molecular weight excluding hydrogens is 651 g/mol. The highest BCUT2D eigenvalue weighted by molar-refractivity contribution is 6.51. The highest BCUT2D eigenvalue weighted by Crippen LogP contribution is 2.65. The number of ketones is 1. The van der Waals surface area contributed by atoms with Gasteiger partial charge in [-0.2, -0.15) is 0 Å². The number of hydrogen-bond donors (Lipinski definition) is 3. The fourth-order valence-corrected chi connectivity index (χ4v) is 7.15. The van der Waals surface area contributed by atoms with E-state index in [2.05, 4.69) is 22.5 Å². The molecule has 12 nitrogen and oxygen atoms in total. The van der Waals surface area contributed by atoms with Gasteiger partial charge in [-0.1, -0.05) is 25.3 Å². The zero-order chi connectivity index (χ0) is 35.3. The molecule has 4 amide bonds. The fourth-order valence-electron chi connectivity index (χ4n) is 6.32. The zero-order valence-corrected chi connectivity index (χ0v) is 29.8. The Morgan fingerprint density at radius 2 is 1.57 bits per heavy atom. The van der Waals surface area contributed by atoms with E-state index in [-0.39, 0.29) is 31.8 Å². The number of hydrogen-bond acceptors (Lipinski definition) is 8. The van der Waals surface area contributed by atoms with Crippen LogP contribution < -0.4 is 16.0 Å². The van der Waals surface area contributed by atoms with Gasteiger partial charge in [0, 0.05) is 24.9 Å². The van der Waals surface area contributed by atoms with Crippen molar-refractivity contribution in [3.63, 3.8) is 0 Å². The molecule has 0 aromatic rings. The number of nitrogens with zero attached hydrogens (tertiary/aromatic N) is 1. The van der Waals surface area contributed by atoms with E-state index in [1.165, 1.54) is 4.90 Å². The van der Waals surface area contributed by atoms with Gasteiger partial charge in [-0.25, -0.2) is 4.79 Å². The number of alkyl halides is 2. The molecule has 0 bridgehead atoms. The fraction of sp³-hybridized carbons (Fsp3) is 0.758. The third-order valence-corrected chi connectivity index (χ3v) is 9.56. The van der Waals surface area contributed by atoms with E-state index in [9.17, 15) is 28.8 Å². The van der Waals surface area contributed by atoms with Crippen molar-refractivity contribution in [1.29, 1.82) is 0 Å². The molecule has 47 heavy (non-hydrogen) atoms. The standard InChI is InChI=1S/C33H50Cl2N4O8/c1-8-9-15-21(26(41)28(43)36-17-16-22(40)46-31(2,3)4)37-27(42)25-23-20(33(23,34)35)18-39(25)29(44)24(19-13-11-10-12-14-19)38-30(45)47-32(5,6)7/h8,19-21,23-25H,1,9-18H2,2-7H3,(H,36,43)(H,37,42)(H,38,45). The molecular formula is C33H50Cl2N4O8. The van der Waals surface area contributed by atoms with Gasteiger partial charge in [-0.15, -0.1) is 29.8 Å². The van der Waals surface area contributed by atoms with Crippen LogP contribution in [0.15, 0.2) is 12.7 Å². The Hall–Kier alpha value is -2.86. The SMILES string of the molecule is C=CCCC(NC(=O)C1C2C(CN1C(=O)C(NC(=O)OC(C)(C)C)C1CCCCC1)C2(Cl)Cl)C(=O)C(=O)NCCC(=O)OC(C)(C)C. The summed E-state index contributed by atoms with van der Waals surface area (Å²) in [6.07, 6.45) is 5.32. The minimum absolute atomic E-state index is 0.0696. The first-order chi connectivity index (χ1) is 21.8. The predicted octanol–water partition coefficient (Wildman–Crippen LogP) is 3.96. The molecule has 1 aliphatic heterocycles. The summed E-state index contributed by atoms with van der Waals surface area (Å²) in [5, 5.41) is 7.85. The minimum Gasteiger partial charge on any atom is -0.460 e. The first kappa shape index (κ1) is 38.6. The van der Waals surface area contributed by atoms with E-state index in [1.807, 2.05) is 0 Å². The largest absolute Gasteiger partial charge is 0.460 e. The van der Waals surface area contributed by atoms with Crippen molar-refractivity contribution in [2.45, 2.75) is 127 Å². The summed E-state index contributed by atoms with van der Waals surface area (Å²) >= 11 is 13.1. The zero-order valence-electron chi connectivity index (χ0n) is 28.3. The van der Waals surface area contributed by atoms with E-state index in [0.717, 1.165) is 32.1 Å². The van der Waals surface area contributed by atoms with Crippen molar-refractivity contribution in [2.24, 2.45) is 17.8 Å². The summed E-state index contributed by atoms with van der Waals surface area (Å²) in [6, 6.07) is -3.32. The van der Waals surface area contributed by atoms with Crippen LogP contribution in [0.3, 0.4) is 0 Å². The Labute approximate surface area is 287 Å². The lowest BCUT2D eigenvalue weighted by Crippen LogP contribution is -2.60. The molecule has 1 heterocycles. The number of rotatable bonds is 13. The second kappa shape index (κ2) is 15.6. The number of alkyl carbamates (subject to hydrolysis) is 1. The van der Waals surface area contributed by atoms with Crippen molar-refractivity contribution in [3.8, 4) is 0 Å². The smallest absolute Gasteiger partial charge is 0.408 e. The molecule has 0 spiro atoms. The van der Waals surface area contributed by atoms with Gasteiger partial charge in [0.25, 0.3) is 5.91 Å². The van der Waals surface area contributed by atoms with E-state index in [4.69, 9.17) is 32.7 Å². The maximum atomic E-state index is 14.2. The van der Waals surface area contributed by atoms with Crippen molar-refractivity contribution in [2.75, 3.05) is 13.1 Å². The molecule has 264 valence electrons. The van der Waals surface area contributed by atoms with Crippen LogP contribution in [0.1, 0.15) is 92.9 Å². The van der Waals surface area contributed by atoms with E-state index >= 15 is 0 Å². The maximum absolute atomic E-state index is 14.2. The number of Topliss-reactive ketones (excluding diaryl/α,β-unsaturated/α-hetero) is 1. The van der Waals surface area contributed by atoms with Crippen molar-refractivity contribution >= 4 is 58.8 Å². The van der Waals surface area contributed by atoms with Crippen LogP contribution >= 0.6 is 23.2 Å². The van der Waals surface area contributed by atoms with Gasteiger partial charge >= 0.3 is 12.1 Å². The van der Waals surface area contributed by atoms with Crippen LogP contribution in [0.4, 0.5) is 4.79 Å². The van der Waals surface area contributed by atoms with E-state index < -0.39 is 81.1 Å². The average molecular weight is 702 g/mol. The Kier molecular flexibility index (Phi) is 12.8. The third kappa shape index (κ3) is 10.6. The second-order valence-electron chi connectivity index (χ2n) is 14.6. The highest BCUT2D eigenvalue weighted by atomic mass is 35.5. The predicted molar refractivity (Wildman–Crippen MR) is 176 cm³/mol. The van der Waals surface area contributed by atoms with Gasteiger partial charge in [0.2, 0.25) is 17.6 Å². The van der Waals surface area contributed by atoms with Crippen LogP contribution in [0.5, 0.6) is 0 Å². The highest BCUT2D eigenvalue weighted by Gasteiger charge is 2.74. The van der Waals surface area contributed by atoms with Gasteiger partial charge in [-0.3, -0.25) is 24.0 Å². The lowest BCUT2D eigenvalue weighted by atomic mass is 9.83. The third-order valence-electron chi connectivity index (χ3n) is 8.49. The summed E-state index contributed by atoms with van der Waals surface area (Å²) < 4.78 is 9.43. The molecule has 3 N–H and O–H groups in total. The Balaban J connectivity index is 1.77. The van der Waals surface area contributed by atoms with Gasteiger partial charge in [0.05, 0.1) is 12.5 Å². The van der Waals surface area contributed by atoms with E-state index in [0.29, 0.717) is 6.42 Å². The number of carbonyl (C=O) groups excluding carboxylic acids is 6. The first-order valence-corrected chi connectivity index (χ1v) is 17.2. The molecule has 5 atom stereocenters. The van der Waals surface area contributed by atoms with Gasteiger partial charge < -0.3 is 30.3 Å². The number of piperidine rings is 1. The molecule has 0 radical (unpaired) electrons. The monoisotopic (exact) mass is 700 g/mol. The summed E-state index contributed by atoms with van der Waals surface area (Å²) in [7, 11) is 0. The number of ether oxygens (including phenoxy) is 2. The molecule has 2 aliphatic carbocycles. The Bertz CT molecular complexity index is 1220. The maximum Gasteiger partial charge on any atom is 0.408 e. The lowest BCUT2D eigenvalue weighted by Gasteiger charge is -2.36. The van der Waals surface area contributed by atoms with E-state index in [1.54, 1.807) is 47.6 Å². The van der Waals surface area contributed by atoms with Gasteiger partial charge in [0.1, 0.15) is 27.6 Å². The number of amides is 4. The van der Waals surface area contributed by atoms with Crippen LogP contribution in [-0.2, 0) is 33.4 Å². The molecule has 2 saturated carbocycles. The molecule has 3 rings (SSSR count). The number of allylic oxidation sites excluding steroid dienone is 1. The molecule has 0 aromatic heterocycles. The van der Waals surface area contributed by atoms with Crippen molar-refractivity contribution in [3.05, 3.63) is 12.7 Å². The summed E-state index contributed by atoms with van der Waals surface area (Å²) in [4.78, 5) is 80.4. The van der Waals surface area contributed by atoms with Gasteiger partial charge in [-0.05, 0) is 73.1 Å². The Morgan fingerprint density at radius 1 is 0.957 bits per heavy atom. The summed E-state index contributed by atoms with van der Waals surface area (Å²) in [5.41, 5.74) is -1.48. The minimum atomic E-state index is -1.25. The average Bonchev–Trinajstić information content (AvgIpc) is 3.26. The molecule has 3 fully saturated rings. The number of carbonyl (C=O) groups is 6. The normalized spacial score (nSPS) is 23.4. The van der Waals surface area contributed by atoms with Crippen LogP contribution in [0.2, 0.25) is 0 Å². The molecule has 5 unspecified atom stereocenters. The quantitative estimate of drug-likeness (QED) is 0.113. The summed E-state index contributed by atoms with van der Waals surface area (Å²) in [6.45, 7) is 13.9. The van der Waals surface area contributed by atoms with Crippen molar-refractivity contribution < 1.29 is 38.2 Å². The topological polar surface area (TPSA) is 160 Å². The van der Waals surface area contributed by atoms with Gasteiger partial charge in [0.15, 0.2) is 0 Å². The number of likely N-dealkylation sites (tertiary alicyclic amines) is 1. The number of fused-ring (bicyclic) bond motifs is 1. The number of esters is 1. The Morgan fingerprint density at radius 3 is 2.15 bits per heavy atom. The molecule has 1 saturated heterocycles. The van der Waals surface area contributed by atoms with Crippen LogP contribution in [0.25, 0.3) is 0 Å². The van der Waals surface area contributed by atoms with Crippen molar-refractivity contribution in [1.82, 2.24) is 20.9 Å². The number of halogens is 2. The molecule has 3 aliphatic rings. The first-order valence-electron chi connectivity index (χ1n) is 16.4. The molecule has 0 aromatic carbocycles. The van der Waals surface area contributed by atoms with Crippen LogP contribution in [0, 0.1) is 17.8 Å². The second-order valence-corrected chi connectivity index (χ2v) is 16.1. The lowest BCUT2D eigenvalue weighted by molar-refractivity contribution is -0.154. The summed E-state index contributed by atoms with van der Waals surface area (Å²) in [5.74, 6) is -4.72. The van der Waals surface area contributed by atoms with Crippen LogP contribution in [-0.4, -0.2) is 87.2 Å². The number of nitrogens with one attached hydrogen (secondary N) is 3.